The Labute approximate surface area is 151 Å². The zero-order valence-corrected chi connectivity index (χ0v) is 15.4. The molecule has 0 unspecified atom stereocenters. The minimum atomic E-state index is -0.471. The Morgan fingerprint density at radius 3 is 2.44 bits per heavy atom. The number of carbonyl (C=O) groups excluding carboxylic acids is 1. The summed E-state index contributed by atoms with van der Waals surface area (Å²) in [6, 6.07) is 11.6. The van der Waals surface area contributed by atoms with Gasteiger partial charge < -0.3 is 0 Å². The van der Waals surface area contributed by atoms with Gasteiger partial charge in [0.1, 0.15) is 16.3 Å². The molecule has 126 valence electrons. The number of amides is 1. The lowest BCUT2D eigenvalue weighted by Crippen LogP contribution is -2.29. The van der Waals surface area contributed by atoms with E-state index in [0.29, 0.717) is 16.3 Å². The van der Waals surface area contributed by atoms with Crippen LogP contribution in [-0.2, 0) is 4.79 Å². The zero-order valence-electron chi connectivity index (χ0n) is 14.6. The maximum atomic E-state index is 12.8. The molecule has 2 heterocycles. The van der Waals surface area contributed by atoms with Gasteiger partial charge in [0.25, 0.3) is 5.91 Å². The first kappa shape index (κ1) is 17.2. The first-order chi connectivity index (χ1) is 11.9. The Morgan fingerprint density at radius 2 is 1.80 bits per heavy atom. The highest BCUT2D eigenvalue weighted by molar-refractivity contribution is 8.01. The molecule has 1 amide bonds. The largest absolute Gasteiger partial charge is 0.271 e. The van der Waals surface area contributed by atoms with Gasteiger partial charge in [0.15, 0.2) is 0 Å². The summed E-state index contributed by atoms with van der Waals surface area (Å²) in [5, 5.41) is 15.5. The molecule has 5 nitrogen and oxygen atoms in total. The Morgan fingerprint density at radius 1 is 1.12 bits per heavy atom. The van der Waals surface area contributed by atoms with Crippen molar-refractivity contribution in [1.29, 1.82) is 5.26 Å². The third-order valence-corrected chi connectivity index (χ3v) is 5.67. The Bertz CT molecular complexity index is 915. The molecular formula is C19H18N4OS. The molecule has 1 atom stereocenters. The van der Waals surface area contributed by atoms with Gasteiger partial charge in [-0.2, -0.15) is 15.4 Å². The van der Waals surface area contributed by atoms with Crippen LogP contribution in [0.4, 0.5) is 5.69 Å². The summed E-state index contributed by atoms with van der Waals surface area (Å²) in [7, 11) is 0. The third kappa shape index (κ3) is 3.03. The van der Waals surface area contributed by atoms with Gasteiger partial charge in [0.2, 0.25) is 0 Å². The van der Waals surface area contributed by atoms with Gasteiger partial charge in [-0.15, -0.1) is 0 Å². The van der Waals surface area contributed by atoms with E-state index in [2.05, 4.69) is 16.2 Å². The van der Waals surface area contributed by atoms with Crippen LogP contribution in [0.2, 0.25) is 0 Å². The summed E-state index contributed by atoms with van der Waals surface area (Å²) in [6.07, 6.45) is 0. The number of aryl methyl sites for hydroxylation is 1. The number of carbonyl (C=O) groups is 1. The van der Waals surface area contributed by atoms with Gasteiger partial charge in [-0.25, -0.2) is 4.98 Å². The van der Waals surface area contributed by atoms with Crippen molar-refractivity contribution >= 4 is 29.1 Å². The van der Waals surface area contributed by atoms with Crippen molar-refractivity contribution in [3.05, 3.63) is 52.7 Å². The molecule has 0 spiro atoms. The molecule has 1 aliphatic rings. The number of nitrogens with zero attached hydrogens (tertiary/aromatic N) is 4. The van der Waals surface area contributed by atoms with Crippen LogP contribution in [0.5, 0.6) is 0 Å². The Hall–Kier alpha value is -2.65. The summed E-state index contributed by atoms with van der Waals surface area (Å²) in [5.74, 6) is -0.115. The van der Waals surface area contributed by atoms with Gasteiger partial charge in [-0.1, -0.05) is 30.0 Å². The molecule has 0 radical (unpaired) electrons. The molecule has 0 saturated carbocycles. The number of rotatable bonds is 3. The summed E-state index contributed by atoms with van der Waals surface area (Å²) in [6.45, 7) is 7.62. The lowest BCUT2D eigenvalue weighted by Gasteiger charge is -2.15. The fraction of sp³-hybridized carbons (Fsp3) is 0.263. The van der Waals surface area contributed by atoms with Crippen molar-refractivity contribution in [3.63, 3.8) is 0 Å². The van der Waals surface area contributed by atoms with Gasteiger partial charge >= 0.3 is 0 Å². The normalized spacial score (nSPS) is 16.8. The number of para-hydroxylation sites is 1. The SMILES string of the molecule is CC1=NN(c2ccccc2)C(=O)[C@H]1Sc1nc(C)c(C)c(C)c1C#N. The number of hydrazone groups is 1. The number of aromatic nitrogens is 1. The number of anilines is 1. The van der Waals surface area contributed by atoms with Crippen LogP contribution in [0, 0.1) is 32.1 Å². The second-order valence-electron chi connectivity index (χ2n) is 5.96. The predicted octanol–water partition coefficient (Wildman–Crippen LogP) is 3.76. The van der Waals surface area contributed by atoms with E-state index in [4.69, 9.17) is 0 Å². The van der Waals surface area contributed by atoms with Crippen LogP contribution in [0.25, 0.3) is 0 Å². The molecule has 2 aromatic rings. The van der Waals surface area contributed by atoms with Crippen LogP contribution < -0.4 is 5.01 Å². The van der Waals surface area contributed by atoms with Crippen molar-refractivity contribution in [2.24, 2.45) is 5.10 Å². The van der Waals surface area contributed by atoms with E-state index in [1.165, 1.54) is 16.8 Å². The average Bonchev–Trinajstić information content (AvgIpc) is 2.89. The molecule has 3 rings (SSSR count). The van der Waals surface area contributed by atoms with Crippen LogP contribution >= 0.6 is 11.8 Å². The van der Waals surface area contributed by atoms with E-state index >= 15 is 0 Å². The summed E-state index contributed by atoms with van der Waals surface area (Å²) >= 11 is 1.30. The van der Waals surface area contributed by atoms with Crippen molar-refractivity contribution in [3.8, 4) is 6.07 Å². The second kappa shape index (κ2) is 6.69. The van der Waals surface area contributed by atoms with Crippen molar-refractivity contribution in [1.82, 2.24) is 4.98 Å². The molecule has 6 heteroatoms. The molecule has 0 bridgehead atoms. The maximum absolute atomic E-state index is 12.8. The molecule has 0 N–H and O–H groups in total. The number of hydrogen-bond donors (Lipinski definition) is 0. The van der Waals surface area contributed by atoms with Crippen LogP contribution in [0.15, 0.2) is 40.5 Å². The highest BCUT2D eigenvalue weighted by Gasteiger charge is 2.36. The lowest BCUT2D eigenvalue weighted by atomic mass is 10.1. The van der Waals surface area contributed by atoms with E-state index < -0.39 is 5.25 Å². The first-order valence-corrected chi connectivity index (χ1v) is 8.80. The Kier molecular flexibility index (Phi) is 4.60. The highest BCUT2D eigenvalue weighted by atomic mass is 32.2. The molecule has 25 heavy (non-hydrogen) atoms. The summed E-state index contributed by atoms with van der Waals surface area (Å²) in [4.78, 5) is 17.4. The molecule has 0 saturated heterocycles. The average molecular weight is 350 g/mol. The van der Waals surface area contributed by atoms with Crippen molar-refractivity contribution < 1.29 is 4.79 Å². The van der Waals surface area contributed by atoms with Gasteiger partial charge in [0.05, 0.1) is 17.0 Å². The molecule has 0 aliphatic carbocycles. The highest BCUT2D eigenvalue weighted by Crippen LogP contribution is 2.34. The smallest absolute Gasteiger partial charge is 0.266 e. The van der Waals surface area contributed by atoms with Gasteiger partial charge in [-0.3, -0.25) is 4.79 Å². The molecule has 1 aromatic heterocycles. The second-order valence-corrected chi connectivity index (χ2v) is 7.06. The first-order valence-electron chi connectivity index (χ1n) is 7.92. The number of hydrogen-bond acceptors (Lipinski definition) is 5. The number of nitriles is 1. The lowest BCUT2D eigenvalue weighted by molar-refractivity contribution is -0.116. The van der Waals surface area contributed by atoms with E-state index in [9.17, 15) is 10.1 Å². The number of pyridine rings is 1. The van der Waals surface area contributed by atoms with Crippen LogP contribution in [0.1, 0.15) is 29.3 Å². The third-order valence-electron chi connectivity index (χ3n) is 4.38. The van der Waals surface area contributed by atoms with E-state index in [1.807, 2.05) is 58.0 Å². The number of thioether (sulfide) groups is 1. The maximum Gasteiger partial charge on any atom is 0.266 e. The molecule has 0 fully saturated rings. The van der Waals surface area contributed by atoms with Crippen molar-refractivity contribution in [2.45, 2.75) is 38.0 Å². The summed E-state index contributed by atoms with van der Waals surface area (Å²) < 4.78 is 0. The van der Waals surface area contributed by atoms with Gasteiger partial charge in [0, 0.05) is 5.69 Å². The van der Waals surface area contributed by atoms with Gasteiger partial charge in [-0.05, 0) is 51.0 Å². The molecule has 1 aliphatic heterocycles. The molecule has 1 aromatic carbocycles. The topological polar surface area (TPSA) is 69.3 Å². The molecular weight excluding hydrogens is 332 g/mol. The predicted molar refractivity (Wildman–Crippen MR) is 99.8 cm³/mol. The van der Waals surface area contributed by atoms with Crippen LogP contribution in [0.3, 0.4) is 0 Å². The standard InChI is InChI=1S/C19H18N4OS/c1-11-12(2)16(10-20)18(21-13(11)3)25-17-14(4)22-23(19(17)24)15-8-6-5-7-9-15/h5-9,17H,1-4H3/t17-/m0/s1. The van der Waals surface area contributed by atoms with Crippen LogP contribution in [-0.4, -0.2) is 21.9 Å². The van der Waals surface area contributed by atoms with Crippen molar-refractivity contribution in [2.75, 3.05) is 5.01 Å². The Balaban J connectivity index is 1.94. The minimum Gasteiger partial charge on any atom is -0.271 e. The van der Waals surface area contributed by atoms with E-state index in [-0.39, 0.29) is 5.91 Å². The van der Waals surface area contributed by atoms with E-state index in [0.717, 1.165) is 22.5 Å². The monoisotopic (exact) mass is 350 g/mol. The minimum absolute atomic E-state index is 0.115. The fourth-order valence-corrected chi connectivity index (χ4v) is 3.83. The summed E-state index contributed by atoms with van der Waals surface area (Å²) in [5.41, 5.74) is 4.78. The zero-order chi connectivity index (χ0) is 18.1. The quantitative estimate of drug-likeness (QED) is 0.845. The number of benzene rings is 1. The van der Waals surface area contributed by atoms with E-state index in [1.54, 1.807) is 0 Å². The fourth-order valence-electron chi connectivity index (χ4n) is 2.68.